The van der Waals surface area contributed by atoms with Gasteiger partial charge in [-0.2, -0.15) is 0 Å². The van der Waals surface area contributed by atoms with Gasteiger partial charge >= 0.3 is 0 Å². The summed E-state index contributed by atoms with van der Waals surface area (Å²) >= 11 is 11.7. The summed E-state index contributed by atoms with van der Waals surface area (Å²) in [5.41, 5.74) is 1.55. The number of rotatable bonds is 4. The maximum Gasteiger partial charge on any atom is 0.262 e. The van der Waals surface area contributed by atoms with Gasteiger partial charge in [0.05, 0.1) is 10.6 Å². The molecule has 0 aliphatic heterocycles. The van der Waals surface area contributed by atoms with Crippen LogP contribution in [0.2, 0.25) is 10.0 Å². The minimum Gasteiger partial charge on any atom is -0.326 e. The maximum atomic E-state index is 12.5. The van der Waals surface area contributed by atoms with Gasteiger partial charge in [-0.15, -0.1) is 0 Å². The minimum atomic E-state index is -3.86. The topological polar surface area (TPSA) is 75.3 Å². The number of anilines is 2. The van der Waals surface area contributed by atoms with Gasteiger partial charge in [0, 0.05) is 22.7 Å². The van der Waals surface area contributed by atoms with Crippen LogP contribution in [-0.4, -0.2) is 14.3 Å². The van der Waals surface area contributed by atoms with Crippen LogP contribution < -0.4 is 10.0 Å². The number of carbonyl (C=O) groups is 1. The van der Waals surface area contributed by atoms with E-state index in [1.807, 2.05) is 0 Å². The molecule has 0 aliphatic carbocycles. The van der Waals surface area contributed by atoms with Crippen LogP contribution in [0.5, 0.6) is 0 Å². The Balaban J connectivity index is 2.38. The third kappa shape index (κ3) is 4.60. The zero-order valence-electron chi connectivity index (χ0n) is 12.4. The largest absolute Gasteiger partial charge is 0.326 e. The molecule has 0 radical (unpaired) electrons. The van der Waals surface area contributed by atoms with E-state index in [4.69, 9.17) is 23.2 Å². The van der Waals surface area contributed by atoms with E-state index in [0.29, 0.717) is 16.9 Å². The molecule has 0 unspecified atom stereocenters. The second kappa shape index (κ2) is 6.78. The van der Waals surface area contributed by atoms with E-state index in [1.165, 1.54) is 25.1 Å². The number of nitrogens with one attached hydrogen (secondary N) is 2. The van der Waals surface area contributed by atoms with Gasteiger partial charge in [0.2, 0.25) is 5.91 Å². The molecule has 8 heteroatoms. The normalized spacial score (nSPS) is 11.1. The van der Waals surface area contributed by atoms with Gasteiger partial charge in [0.25, 0.3) is 10.0 Å². The fraction of sp³-hybridized carbons (Fsp3) is 0.133. The van der Waals surface area contributed by atoms with Crippen molar-refractivity contribution in [3.8, 4) is 0 Å². The standard InChI is InChI=1S/C15H14Cl2N2O3S/c1-9-3-4-13(18-10(2)20)8-15(9)19-23(21,22)14-6-11(16)5-12(17)7-14/h3-8,19H,1-2H3,(H,18,20). The molecule has 0 aromatic heterocycles. The monoisotopic (exact) mass is 372 g/mol. The van der Waals surface area contributed by atoms with Crippen LogP contribution >= 0.6 is 23.2 Å². The van der Waals surface area contributed by atoms with Crippen molar-refractivity contribution >= 4 is 50.5 Å². The summed E-state index contributed by atoms with van der Waals surface area (Å²) < 4.78 is 27.4. The Morgan fingerprint density at radius 2 is 1.65 bits per heavy atom. The summed E-state index contributed by atoms with van der Waals surface area (Å²) in [6.07, 6.45) is 0. The zero-order chi connectivity index (χ0) is 17.2. The lowest BCUT2D eigenvalue weighted by Gasteiger charge is -2.13. The smallest absolute Gasteiger partial charge is 0.262 e. The highest BCUT2D eigenvalue weighted by atomic mass is 35.5. The highest BCUT2D eigenvalue weighted by Crippen LogP contribution is 2.26. The van der Waals surface area contributed by atoms with Crippen LogP contribution in [0.3, 0.4) is 0 Å². The van der Waals surface area contributed by atoms with Crippen molar-refractivity contribution in [3.05, 3.63) is 52.0 Å². The Labute approximate surface area is 144 Å². The summed E-state index contributed by atoms with van der Waals surface area (Å²) in [7, 11) is -3.86. The fourth-order valence-corrected chi connectivity index (χ4v) is 3.75. The molecule has 0 spiro atoms. The molecule has 5 nitrogen and oxygen atoms in total. The number of halogens is 2. The van der Waals surface area contributed by atoms with Gasteiger partial charge in [-0.1, -0.05) is 29.3 Å². The first kappa shape index (κ1) is 17.6. The first-order chi connectivity index (χ1) is 10.7. The fourth-order valence-electron chi connectivity index (χ4n) is 1.90. The van der Waals surface area contributed by atoms with Crippen LogP contribution in [-0.2, 0) is 14.8 Å². The minimum absolute atomic E-state index is 0.0423. The van der Waals surface area contributed by atoms with Crippen molar-refractivity contribution in [1.29, 1.82) is 0 Å². The lowest BCUT2D eigenvalue weighted by Crippen LogP contribution is -2.14. The van der Waals surface area contributed by atoms with E-state index in [-0.39, 0.29) is 20.8 Å². The van der Waals surface area contributed by atoms with E-state index in [2.05, 4.69) is 10.0 Å². The summed E-state index contributed by atoms with van der Waals surface area (Å²) in [6, 6.07) is 9.00. The molecule has 122 valence electrons. The van der Waals surface area contributed by atoms with Crippen molar-refractivity contribution in [2.45, 2.75) is 18.7 Å². The third-order valence-electron chi connectivity index (χ3n) is 2.95. The maximum absolute atomic E-state index is 12.5. The molecule has 0 heterocycles. The Morgan fingerprint density at radius 3 is 2.22 bits per heavy atom. The molecule has 0 atom stereocenters. The summed E-state index contributed by atoms with van der Waals surface area (Å²) in [5.74, 6) is -0.246. The Morgan fingerprint density at radius 1 is 1.04 bits per heavy atom. The van der Waals surface area contributed by atoms with Crippen LogP contribution in [0.15, 0.2) is 41.3 Å². The van der Waals surface area contributed by atoms with Gasteiger partial charge < -0.3 is 5.32 Å². The molecule has 1 amide bonds. The number of amides is 1. The van der Waals surface area contributed by atoms with Gasteiger partial charge in [-0.3, -0.25) is 9.52 Å². The Kier molecular flexibility index (Phi) is 5.19. The van der Waals surface area contributed by atoms with Crippen molar-refractivity contribution in [2.24, 2.45) is 0 Å². The molecule has 0 saturated heterocycles. The molecule has 2 aromatic carbocycles. The van der Waals surface area contributed by atoms with E-state index < -0.39 is 10.0 Å². The lowest BCUT2D eigenvalue weighted by molar-refractivity contribution is -0.114. The van der Waals surface area contributed by atoms with Gasteiger partial charge in [0.15, 0.2) is 0 Å². The Hall–Kier alpha value is -1.76. The number of hydrogen-bond donors (Lipinski definition) is 2. The van der Waals surface area contributed by atoms with E-state index in [1.54, 1.807) is 25.1 Å². The highest BCUT2D eigenvalue weighted by molar-refractivity contribution is 7.92. The van der Waals surface area contributed by atoms with Gasteiger partial charge in [-0.05, 0) is 42.8 Å². The molecule has 2 rings (SSSR count). The molecule has 23 heavy (non-hydrogen) atoms. The van der Waals surface area contributed by atoms with Crippen molar-refractivity contribution in [1.82, 2.24) is 0 Å². The molecule has 0 fully saturated rings. The summed E-state index contributed by atoms with van der Waals surface area (Å²) in [4.78, 5) is 11.1. The van der Waals surface area contributed by atoms with Crippen molar-refractivity contribution < 1.29 is 13.2 Å². The van der Waals surface area contributed by atoms with E-state index >= 15 is 0 Å². The summed E-state index contributed by atoms with van der Waals surface area (Å²) in [6.45, 7) is 3.12. The number of aryl methyl sites for hydroxylation is 1. The van der Waals surface area contributed by atoms with Gasteiger partial charge in [-0.25, -0.2) is 8.42 Å². The molecule has 0 saturated carbocycles. The van der Waals surface area contributed by atoms with Crippen LogP contribution in [0.1, 0.15) is 12.5 Å². The first-order valence-corrected chi connectivity index (χ1v) is 8.78. The molecule has 0 aliphatic rings. The average molecular weight is 373 g/mol. The van der Waals surface area contributed by atoms with Crippen LogP contribution in [0, 0.1) is 6.92 Å². The zero-order valence-corrected chi connectivity index (χ0v) is 14.7. The molecule has 2 N–H and O–H groups in total. The SMILES string of the molecule is CC(=O)Nc1ccc(C)c(NS(=O)(=O)c2cc(Cl)cc(Cl)c2)c1. The molecule has 0 bridgehead atoms. The predicted molar refractivity (Wildman–Crippen MR) is 92.8 cm³/mol. The number of benzene rings is 2. The molecular formula is C15H14Cl2N2O3S. The Bertz CT molecular complexity index is 847. The van der Waals surface area contributed by atoms with Crippen molar-refractivity contribution in [2.75, 3.05) is 10.0 Å². The number of hydrogen-bond acceptors (Lipinski definition) is 3. The second-order valence-electron chi connectivity index (χ2n) is 4.92. The lowest BCUT2D eigenvalue weighted by atomic mass is 10.2. The van der Waals surface area contributed by atoms with Crippen LogP contribution in [0.25, 0.3) is 0 Å². The predicted octanol–water partition coefficient (Wildman–Crippen LogP) is 4.06. The second-order valence-corrected chi connectivity index (χ2v) is 7.48. The summed E-state index contributed by atoms with van der Waals surface area (Å²) in [5, 5.41) is 3.05. The van der Waals surface area contributed by atoms with Gasteiger partial charge in [0.1, 0.15) is 0 Å². The number of sulfonamides is 1. The third-order valence-corrected chi connectivity index (χ3v) is 4.73. The molecule has 2 aromatic rings. The average Bonchev–Trinajstić information content (AvgIpc) is 2.40. The van der Waals surface area contributed by atoms with E-state index in [9.17, 15) is 13.2 Å². The number of carbonyl (C=O) groups excluding carboxylic acids is 1. The highest BCUT2D eigenvalue weighted by Gasteiger charge is 2.17. The van der Waals surface area contributed by atoms with E-state index in [0.717, 1.165) is 0 Å². The quantitative estimate of drug-likeness (QED) is 0.849. The van der Waals surface area contributed by atoms with Crippen molar-refractivity contribution in [3.63, 3.8) is 0 Å². The van der Waals surface area contributed by atoms with Crippen LogP contribution in [0.4, 0.5) is 11.4 Å². The first-order valence-electron chi connectivity index (χ1n) is 6.54. The molecular weight excluding hydrogens is 359 g/mol.